The van der Waals surface area contributed by atoms with Crippen molar-refractivity contribution in [3.05, 3.63) is 24.0 Å². The average molecular weight is 382 g/mol. The van der Waals surface area contributed by atoms with Gasteiger partial charge in [0.05, 0.1) is 0 Å². The summed E-state index contributed by atoms with van der Waals surface area (Å²) >= 11 is 1.55. The minimum absolute atomic E-state index is 0.0277. The van der Waals surface area contributed by atoms with Gasteiger partial charge in [-0.2, -0.15) is 0 Å². The van der Waals surface area contributed by atoms with Crippen molar-refractivity contribution >= 4 is 23.8 Å². The molecular formula is C18H23FN2O4S. The van der Waals surface area contributed by atoms with Crippen LogP contribution in [0.2, 0.25) is 0 Å². The molecule has 0 aliphatic carbocycles. The number of hydrogen-bond acceptors (Lipinski definition) is 4. The summed E-state index contributed by atoms with van der Waals surface area (Å²) in [6.07, 6.45) is 0.178. The molecule has 2 aliphatic rings. The Kier molecular flexibility index (Phi) is 5.90. The van der Waals surface area contributed by atoms with Crippen molar-refractivity contribution in [3.8, 4) is 5.75 Å². The first-order valence-electron chi connectivity index (χ1n) is 8.87. The van der Waals surface area contributed by atoms with Crippen molar-refractivity contribution in [2.75, 3.05) is 25.4 Å². The van der Waals surface area contributed by atoms with Gasteiger partial charge in [0, 0.05) is 37.0 Å². The molecule has 0 spiro atoms. The molecule has 3 rings (SSSR count). The van der Waals surface area contributed by atoms with Crippen LogP contribution >= 0.6 is 11.8 Å². The molecule has 1 aromatic carbocycles. The summed E-state index contributed by atoms with van der Waals surface area (Å²) in [6, 6.07) is 4.84. The van der Waals surface area contributed by atoms with Crippen molar-refractivity contribution in [3.63, 3.8) is 0 Å². The highest BCUT2D eigenvalue weighted by Crippen LogP contribution is 2.29. The summed E-state index contributed by atoms with van der Waals surface area (Å²) in [6.45, 7) is 3.42. The molecule has 1 aromatic rings. The van der Waals surface area contributed by atoms with Crippen LogP contribution in [0.1, 0.15) is 26.2 Å². The Morgan fingerprint density at radius 2 is 2.04 bits per heavy atom. The van der Waals surface area contributed by atoms with E-state index in [4.69, 9.17) is 9.84 Å². The van der Waals surface area contributed by atoms with Crippen LogP contribution in [0, 0.1) is 5.82 Å². The number of carbonyl (C=O) groups is 2. The number of amides is 2. The molecule has 1 N–H and O–H groups in total. The quantitative estimate of drug-likeness (QED) is 0.793. The van der Waals surface area contributed by atoms with E-state index in [-0.39, 0.29) is 17.7 Å². The molecule has 2 saturated heterocycles. The van der Waals surface area contributed by atoms with E-state index in [1.165, 1.54) is 11.0 Å². The average Bonchev–Trinajstić information content (AvgIpc) is 2.98. The van der Waals surface area contributed by atoms with Crippen LogP contribution in [0.5, 0.6) is 5.75 Å². The molecule has 8 heteroatoms. The van der Waals surface area contributed by atoms with E-state index in [1.807, 2.05) is 6.92 Å². The largest absolute Gasteiger partial charge is 0.477 e. The van der Waals surface area contributed by atoms with Crippen LogP contribution in [0.3, 0.4) is 0 Å². The van der Waals surface area contributed by atoms with Gasteiger partial charge in [0.25, 0.3) is 5.91 Å². The molecule has 2 aliphatic heterocycles. The van der Waals surface area contributed by atoms with Crippen LogP contribution in [-0.2, 0) is 4.79 Å². The van der Waals surface area contributed by atoms with Gasteiger partial charge in [-0.05, 0) is 36.8 Å². The fourth-order valence-electron chi connectivity index (χ4n) is 3.50. The second-order valence-electron chi connectivity index (χ2n) is 6.45. The first kappa shape index (κ1) is 18.8. The second-order valence-corrected chi connectivity index (χ2v) is 7.79. The lowest BCUT2D eigenvalue weighted by atomic mass is 10.0. The molecule has 0 radical (unpaired) electrons. The molecule has 1 atom stereocenters. The Hall–Kier alpha value is -1.96. The summed E-state index contributed by atoms with van der Waals surface area (Å²) in [5.41, 5.74) is 0. The molecule has 2 heterocycles. The lowest BCUT2D eigenvalue weighted by molar-refractivity contribution is -0.136. The van der Waals surface area contributed by atoms with Crippen molar-refractivity contribution < 1.29 is 23.8 Å². The standard InChI is InChI=1S/C18H23FN2O4S/c1-2-26-13-3-4-15(14(19)11-13)25-16-7-10-21(17(16)22)12-5-8-20(9-6-12)18(23)24/h3-4,11-12,16H,2,5-10H2,1H3,(H,23,24). The maximum absolute atomic E-state index is 14.2. The van der Waals surface area contributed by atoms with E-state index >= 15 is 0 Å². The highest BCUT2D eigenvalue weighted by Gasteiger charge is 2.39. The number of piperidine rings is 1. The first-order valence-corrected chi connectivity index (χ1v) is 9.85. The normalized spacial score (nSPS) is 21.3. The maximum Gasteiger partial charge on any atom is 0.407 e. The molecule has 2 amide bonds. The highest BCUT2D eigenvalue weighted by atomic mass is 32.2. The van der Waals surface area contributed by atoms with Gasteiger partial charge in [-0.1, -0.05) is 6.92 Å². The van der Waals surface area contributed by atoms with Crippen molar-refractivity contribution in [1.82, 2.24) is 9.80 Å². The molecule has 26 heavy (non-hydrogen) atoms. The Morgan fingerprint density at radius 1 is 1.31 bits per heavy atom. The van der Waals surface area contributed by atoms with E-state index in [0.29, 0.717) is 38.9 Å². The summed E-state index contributed by atoms with van der Waals surface area (Å²) < 4.78 is 19.9. The SMILES string of the molecule is CCSc1ccc(OC2CCN(C3CCN(C(=O)O)CC3)C2=O)c(F)c1. The first-order chi connectivity index (χ1) is 12.5. The zero-order chi connectivity index (χ0) is 18.7. The van der Waals surface area contributed by atoms with Gasteiger partial charge < -0.3 is 19.6 Å². The lowest BCUT2D eigenvalue weighted by Gasteiger charge is -2.35. The number of carbonyl (C=O) groups excluding carboxylic acids is 1. The van der Waals surface area contributed by atoms with E-state index < -0.39 is 18.0 Å². The number of thioether (sulfide) groups is 1. The van der Waals surface area contributed by atoms with Gasteiger partial charge in [0.1, 0.15) is 0 Å². The highest BCUT2D eigenvalue weighted by molar-refractivity contribution is 7.99. The predicted octanol–water partition coefficient (Wildman–Crippen LogP) is 3.06. The van der Waals surface area contributed by atoms with Crippen LogP contribution in [0.4, 0.5) is 9.18 Å². The summed E-state index contributed by atoms with van der Waals surface area (Å²) in [7, 11) is 0. The van der Waals surface area contributed by atoms with Gasteiger partial charge in [0.15, 0.2) is 17.7 Å². The predicted molar refractivity (Wildman–Crippen MR) is 96.2 cm³/mol. The van der Waals surface area contributed by atoms with Gasteiger partial charge in [-0.25, -0.2) is 9.18 Å². The molecular weight excluding hydrogens is 359 g/mol. The smallest absolute Gasteiger partial charge is 0.407 e. The Morgan fingerprint density at radius 3 is 2.65 bits per heavy atom. The third kappa shape index (κ3) is 4.06. The maximum atomic E-state index is 14.2. The van der Waals surface area contributed by atoms with Crippen LogP contribution in [0.25, 0.3) is 0 Å². The fourth-order valence-corrected chi connectivity index (χ4v) is 4.19. The summed E-state index contributed by atoms with van der Waals surface area (Å²) in [5, 5.41) is 9.02. The monoisotopic (exact) mass is 382 g/mol. The van der Waals surface area contributed by atoms with Crippen molar-refractivity contribution in [1.29, 1.82) is 0 Å². The van der Waals surface area contributed by atoms with Gasteiger partial charge in [0.2, 0.25) is 0 Å². The molecule has 142 valence electrons. The van der Waals surface area contributed by atoms with Crippen LogP contribution in [-0.4, -0.2) is 64.4 Å². The second kappa shape index (κ2) is 8.16. The summed E-state index contributed by atoms with van der Waals surface area (Å²) in [4.78, 5) is 27.6. The number of rotatable bonds is 5. The number of ether oxygens (including phenoxy) is 1. The van der Waals surface area contributed by atoms with E-state index in [2.05, 4.69) is 0 Å². The minimum atomic E-state index is -0.919. The zero-order valence-electron chi connectivity index (χ0n) is 14.7. The molecule has 2 fully saturated rings. The topological polar surface area (TPSA) is 70.1 Å². The molecule has 0 bridgehead atoms. The van der Waals surface area contributed by atoms with Crippen LogP contribution < -0.4 is 4.74 Å². The van der Waals surface area contributed by atoms with Gasteiger partial charge in [-0.15, -0.1) is 11.8 Å². The third-order valence-electron chi connectivity index (χ3n) is 4.85. The molecule has 0 saturated carbocycles. The summed E-state index contributed by atoms with van der Waals surface area (Å²) in [5.74, 6) is 0.372. The Balaban J connectivity index is 1.59. The number of carboxylic acid groups (broad SMARTS) is 1. The van der Waals surface area contributed by atoms with Gasteiger partial charge >= 0.3 is 6.09 Å². The number of hydrogen-bond donors (Lipinski definition) is 1. The van der Waals surface area contributed by atoms with E-state index in [1.54, 1.807) is 28.8 Å². The Labute approximate surface area is 156 Å². The number of nitrogens with zero attached hydrogens (tertiary/aromatic N) is 2. The molecule has 0 aromatic heterocycles. The van der Waals surface area contributed by atoms with E-state index in [9.17, 15) is 14.0 Å². The van der Waals surface area contributed by atoms with Crippen molar-refractivity contribution in [2.24, 2.45) is 0 Å². The van der Waals surface area contributed by atoms with Crippen LogP contribution in [0.15, 0.2) is 23.1 Å². The van der Waals surface area contributed by atoms with E-state index in [0.717, 1.165) is 10.6 Å². The molecule has 1 unspecified atom stereocenters. The minimum Gasteiger partial charge on any atom is -0.477 e. The molecule has 6 nitrogen and oxygen atoms in total. The number of benzene rings is 1. The number of halogens is 1. The third-order valence-corrected chi connectivity index (χ3v) is 5.73. The Bertz CT molecular complexity index is 679. The van der Waals surface area contributed by atoms with Crippen molar-refractivity contribution in [2.45, 2.75) is 43.2 Å². The number of likely N-dealkylation sites (tertiary alicyclic amines) is 2. The zero-order valence-corrected chi connectivity index (χ0v) is 15.5. The fraction of sp³-hybridized carbons (Fsp3) is 0.556. The van der Waals surface area contributed by atoms with Gasteiger partial charge in [-0.3, -0.25) is 4.79 Å². The lowest BCUT2D eigenvalue weighted by Crippen LogP contribution is -2.48.